The third-order valence-electron chi connectivity index (χ3n) is 3.71. The second-order valence-corrected chi connectivity index (χ2v) is 5.20. The highest BCUT2D eigenvalue weighted by atomic mass is 19.4. The fourth-order valence-corrected chi connectivity index (χ4v) is 2.21. The SMILES string of the molecule is N#Cc1ccc(NCC2(CCO)CC2)c(C(F)(F)F)c1. The van der Waals surface area contributed by atoms with Crippen molar-refractivity contribution in [3.63, 3.8) is 0 Å². The topological polar surface area (TPSA) is 56.0 Å². The molecule has 2 N–H and O–H groups in total. The van der Waals surface area contributed by atoms with Gasteiger partial charge in [-0.15, -0.1) is 0 Å². The van der Waals surface area contributed by atoms with E-state index in [4.69, 9.17) is 10.4 Å². The molecule has 3 nitrogen and oxygen atoms in total. The summed E-state index contributed by atoms with van der Waals surface area (Å²) < 4.78 is 38.9. The first-order valence-corrected chi connectivity index (χ1v) is 6.36. The monoisotopic (exact) mass is 284 g/mol. The van der Waals surface area contributed by atoms with Gasteiger partial charge in [0.15, 0.2) is 0 Å². The first kappa shape index (κ1) is 14.7. The molecule has 1 aliphatic rings. The molecule has 0 amide bonds. The Kier molecular flexibility index (Phi) is 3.91. The summed E-state index contributed by atoms with van der Waals surface area (Å²) in [4.78, 5) is 0. The van der Waals surface area contributed by atoms with E-state index in [0.29, 0.717) is 13.0 Å². The van der Waals surface area contributed by atoms with Gasteiger partial charge in [0.05, 0.1) is 17.2 Å². The highest BCUT2D eigenvalue weighted by Crippen LogP contribution is 2.49. The second-order valence-electron chi connectivity index (χ2n) is 5.20. The summed E-state index contributed by atoms with van der Waals surface area (Å²) in [6.45, 7) is 0.448. The van der Waals surface area contributed by atoms with Crippen LogP contribution in [-0.4, -0.2) is 18.3 Å². The number of alkyl halides is 3. The van der Waals surface area contributed by atoms with Gasteiger partial charge in [-0.05, 0) is 42.9 Å². The molecule has 0 atom stereocenters. The van der Waals surface area contributed by atoms with Crippen molar-refractivity contribution in [2.45, 2.75) is 25.4 Å². The summed E-state index contributed by atoms with van der Waals surface area (Å²) in [6.07, 6.45) is -2.07. The molecule has 0 bridgehead atoms. The predicted octanol–water partition coefficient (Wildman–Crippen LogP) is 3.15. The maximum absolute atomic E-state index is 13.0. The number of aliphatic hydroxyl groups is 1. The fraction of sp³-hybridized carbons (Fsp3) is 0.500. The Balaban J connectivity index is 2.17. The van der Waals surface area contributed by atoms with Crippen LogP contribution in [0.5, 0.6) is 0 Å². The molecule has 108 valence electrons. The molecular weight excluding hydrogens is 269 g/mol. The molecule has 0 radical (unpaired) electrons. The van der Waals surface area contributed by atoms with E-state index in [1.165, 1.54) is 12.1 Å². The Bertz CT molecular complexity index is 530. The van der Waals surface area contributed by atoms with Crippen LogP contribution in [0, 0.1) is 16.7 Å². The van der Waals surface area contributed by atoms with Gasteiger partial charge in [0.25, 0.3) is 0 Å². The van der Waals surface area contributed by atoms with E-state index >= 15 is 0 Å². The van der Waals surface area contributed by atoms with Gasteiger partial charge in [0.2, 0.25) is 0 Å². The molecule has 2 rings (SSSR count). The Labute approximate surface area is 115 Å². The fourth-order valence-electron chi connectivity index (χ4n) is 2.21. The molecule has 0 aromatic heterocycles. The van der Waals surface area contributed by atoms with Crippen LogP contribution in [0.2, 0.25) is 0 Å². The lowest BCUT2D eigenvalue weighted by Gasteiger charge is -2.19. The lowest BCUT2D eigenvalue weighted by molar-refractivity contribution is -0.137. The van der Waals surface area contributed by atoms with Crippen LogP contribution in [0.1, 0.15) is 30.4 Å². The largest absolute Gasteiger partial charge is 0.418 e. The van der Waals surface area contributed by atoms with Crippen molar-refractivity contribution in [2.24, 2.45) is 5.41 Å². The molecule has 20 heavy (non-hydrogen) atoms. The van der Waals surface area contributed by atoms with Crippen LogP contribution in [-0.2, 0) is 6.18 Å². The Morgan fingerprint density at radius 1 is 1.35 bits per heavy atom. The lowest BCUT2D eigenvalue weighted by Crippen LogP contribution is -2.19. The zero-order valence-electron chi connectivity index (χ0n) is 10.8. The summed E-state index contributed by atoms with van der Waals surface area (Å²) >= 11 is 0. The minimum absolute atomic E-state index is 0.0132. The number of benzene rings is 1. The molecule has 1 fully saturated rings. The maximum Gasteiger partial charge on any atom is 0.418 e. The highest BCUT2D eigenvalue weighted by molar-refractivity contribution is 5.56. The summed E-state index contributed by atoms with van der Waals surface area (Å²) in [5.41, 5.74) is -0.928. The molecule has 0 aliphatic heterocycles. The summed E-state index contributed by atoms with van der Waals surface area (Å²) in [6, 6.07) is 5.22. The molecular formula is C14H15F3N2O. The first-order valence-electron chi connectivity index (χ1n) is 6.36. The normalized spacial score (nSPS) is 16.6. The quantitative estimate of drug-likeness (QED) is 0.873. The zero-order valence-corrected chi connectivity index (χ0v) is 10.8. The number of aliphatic hydroxyl groups excluding tert-OH is 1. The molecule has 0 unspecified atom stereocenters. The minimum Gasteiger partial charge on any atom is -0.396 e. The predicted molar refractivity (Wildman–Crippen MR) is 68.0 cm³/mol. The third kappa shape index (κ3) is 3.23. The third-order valence-corrected chi connectivity index (χ3v) is 3.71. The maximum atomic E-state index is 13.0. The van der Waals surface area contributed by atoms with Crippen LogP contribution in [0.4, 0.5) is 18.9 Å². The number of nitriles is 1. The van der Waals surface area contributed by atoms with Crippen molar-refractivity contribution in [1.82, 2.24) is 0 Å². The Hall–Kier alpha value is -1.74. The number of nitrogens with zero attached hydrogens (tertiary/aromatic N) is 1. The number of anilines is 1. The standard InChI is InChI=1S/C14H15F3N2O/c15-14(16,17)11-7-10(8-18)1-2-12(11)19-9-13(3-4-13)5-6-20/h1-2,7,19-20H,3-6,9H2. The summed E-state index contributed by atoms with van der Waals surface area (Å²) in [5.74, 6) is 0. The van der Waals surface area contributed by atoms with Crippen molar-refractivity contribution < 1.29 is 18.3 Å². The summed E-state index contributed by atoms with van der Waals surface area (Å²) in [7, 11) is 0. The van der Waals surface area contributed by atoms with Gasteiger partial charge >= 0.3 is 6.18 Å². The van der Waals surface area contributed by atoms with Crippen molar-refractivity contribution in [1.29, 1.82) is 5.26 Å². The van der Waals surface area contributed by atoms with Gasteiger partial charge in [-0.1, -0.05) is 0 Å². The van der Waals surface area contributed by atoms with Crippen LogP contribution < -0.4 is 5.32 Å². The van der Waals surface area contributed by atoms with Crippen molar-refractivity contribution in [2.75, 3.05) is 18.5 Å². The molecule has 0 saturated heterocycles. The van der Waals surface area contributed by atoms with E-state index in [2.05, 4.69) is 5.32 Å². The van der Waals surface area contributed by atoms with Crippen molar-refractivity contribution >= 4 is 5.69 Å². The van der Waals surface area contributed by atoms with Crippen LogP contribution >= 0.6 is 0 Å². The smallest absolute Gasteiger partial charge is 0.396 e. The summed E-state index contributed by atoms with van der Waals surface area (Å²) in [5, 5.41) is 20.5. The van der Waals surface area contributed by atoms with Gasteiger partial charge < -0.3 is 10.4 Å². The van der Waals surface area contributed by atoms with Gasteiger partial charge in [0, 0.05) is 18.8 Å². The van der Waals surface area contributed by atoms with Crippen molar-refractivity contribution in [3.05, 3.63) is 29.3 Å². The van der Waals surface area contributed by atoms with E-state index in [1.54, 1.807) is 6.07 Å². The van der Waals surface area contributed by atoms with Crippen LogP contribution in [0.25, 0.3) is 0 Å². The molecule has 0 spiro atoms. The van der Waals surface area contributed by atoms with Gasteiger partial charge in [-0.3, -0.25) is 0 Å². The Morgan fingerprint density at radius 3 is 2.55 bits per heavy atom. The van der Waals surface area contributed by atoms with E-state index in [9.17, 15) is 13.2 Å². The highest BCUT2D eigenvalue weighted by Gasteiger charge is 2.42. The van der Waals surface area contributed by atoms with E-state index in [-0.39, 0.29) is 23.3 Å². The molecule has 0 heterocycles. The minimum atomic E-state index is -4.50. The molecule has 1 aromatic rings. The molecule has 6 heteroatoms. The van der Waals surface area contributed by atoms with E-state index in [1.807, 2.05) is 0 Å². The lowest BCUT2D eigenvalue weighted by atomic mass is 10.0. The van der Waals surface area contributed by atoms with Gasteiger partial charge in [-0.2, -0.15) is 18.4 Å². The van der Waals surface area contributed by atoms with Crippen LogP contribution in [0.3, 0.4) is 0 Å². The number of hydrogen-bond acceptors (Lipinski definition) is 3. The number of nitrogens with one attached hydrogen (secondary N) is 1. The second kappa shape index (κ2) is 5.33. The average Bonchev–Trinajstić information content (AvgIpc) is 3.16. The zero-order chi connectivity index (χ0) is 14.8. The molecule has 1 aliphatic carbocycles. The van der Waals surface area contributed by atoms with E-state index < -0.39 is 11.7 Å². The number of hydrogen-bond donors (Lipinski definition) is 2. The van der Waals surface area contributed by atoms with E-state index in [0.717, 1.165) is 18.9 Å². The number of rotatable bonds is 5. The Morgan fingerprint density at radius 2 is 2.05 bits per heavy atom. The van der Waals surface area contributed by atoms with Gasteiger partial charge in [-0.25, -0.2) is 0 Å². The first-order chi connectivity index (χ1) is 9.40. The molecule has 1 aromatic carbocycles. The average molecular weight is 284 g/mol. The molecule has 1 saturated carbocycles. The van der Waals surface area contributed by atoms with Crippen LogP contribution in [0.15, 0.2) is 18.2 Å². The van der Waals surface area contributed by atoms with Crippen molar-refractivity contribution in [3.8, 4) is 6.07 Å². The van der Waals surface area contributed by atoms with Gasteiger partial charge in [0.1, 0.15) is 0 Å². The number of halogens is 3.